The van der Waals surface area contributed by atoms with E-state index in [0.29, 0.717) is 16.9 Å². The molecule has 0 heterocycles. The van der Waals surface area contributed by atoms with Gasteiger partial charge in [-0.25, -0.2) is 4.39 Å². The second-order valence-electron chi connectivity index (χ2n) is 7.31. The summed E-state index contributed by atoms with van der Waals surface area (Å²) in [5.41, 5.74) is 1.91. The van der Waals surface area contributed by atoms with Gasteiger partial charge in [0.1, 0.15) is 5.82 Å². The van der Waals surface area contributed by atoms with Crippen molar-refractivity contribution in [3.05, 3.63) is 93.8 Å². The van der Waals surface area contributed by atoms with Crippen LogP contribution in [0.1, 0.15) is 36.6 Å². The summed E-state index contributed by atoms with van der Waals surface area (Å²) in [7, 11) is 3.21. The third-order valence-corrected chi connectivity index (χ3v) is 5.06. The predicted octanol–water partition coefficient (Wildman–Crippen LogP) is 4.99. The van der Waals surface area contributed by atoms with Crippen LogP contribution in [0.5, 0.6) is 0 Å². The highest BCUT2D eigenvalue weighted by atomic mass is 35.5. The summed E-state index contributed by atoms with van der Waals surface area (Å²) in [5.74, 6) is -1.99. The van der Waals surface area contributed by atoms with Gasteiger partial charge in [0, 0.05) is 31.0 Å². The second-order valence-corrected chi connectivity index (χ2v) is 7.72. The molecular formula is C24H21ClFN3O3. The van der Waals surface area contributed by atoms with E-state index in [0.717, 1.165) is 0 Å². The molecular weight excluding hydrogens is 433 g/mol. The molecule has 0 aliphatic rings. The maximum Gasteiger partial charge on any atom is 0.258 e. The largest absolute Gasteiger partial charge is 0.345 e. The Morgan fingerprint density at radius 3 is 2.28 bits per heavy atom. The van der Waals surface area contributed by atoms with Crippen LogP contribution in [0.15, 0.2) is 60.7 Å². The molecule has 0 atom stereocenters. The summed E-state index contributed by atoms with van der Waals surface area (Å²) in [6, 6.07) is 15.0. The Hall–Kier alpha value is -3.71. The Labute approximate surface area is 190 Å². The van der Waals surface area contributed by atoms with E-state index in [9.17, 15) is 18.8 Å². The average molecular weight is 454 g/mol. The molecule has 0 radical (unpaired) electrons. The lowest BCUT2D eigenvalue weighted by atomic mass is 10.1. The van der Waals surface area contributed by atoms with Gasteiger partial charge < -0.3 is 15.5 Å². The molecule has 32 heavy (non-hydrogen) atoms. The number of hydrogen-bond acceptors (Lipinski definition) is 3. The molecule has 164 valence electrons. The van der Waals surface area contributed by atoms with Crippen LogP contribution in [-0.2, 0) is 0 Å². The second kappa shape index (κ2) is 9.62. The van der Waals surface area contributed by atoms with Crippen LogP contribution in [0.3, 0.4) is 0 Å². The number of benzene rings is 3. The van der Waals surface area contributed by atoms with E-state index in [4.69, 9.17) is 11.6 Å². The molecule has 8 heteroatoms. The molecule has 0 bridgehead atoms. The first-order valence-electron chi connectivity index (χ1n) is 9.66. The van der Waals surface area contributed by atoms with Crippen molar-refractivity contribution in [2.75, 3.05) is 24.7 Å². The van der Waals surface area contributed by atoms with Crippen molar-refractivity contribution >= 4 is 40.7 Å². The monoisotopic (exact) mass is 453 g/mol. The number of nitrogens with one attached hydrogen (secondary N) is 2. The fourth-order valence-corrected chi connectivity index (χ4v) is 3.14. The number of anilines is 2. The van der Waals surface area contributed by atoms with Crippen molar-refractivity contribution in [3.8, 4) is 0 Å². The van der Waals surface area contributed by atoms with Crippen molar-refractivity contribution in [1.82, 2.24) is 4.90 Å². The number of hydrogen-bond donors (Lipinski definition) is 2. The van der Waals surface area contributed by atoms with Gasteiger partial charge in [0.15, 0.2) is 0 Å². The molecule has 0 aromatic heterocycles. The first-order valence-corrected chi connectivity index (χ1v) is 10.0. The van der Waals surface area contributed by atoms with E-state index in [2.05, 4.69) is 10.6 Å². The van der Waals surface area contributed by atoms with Crippen molar-refractivity contribution < 1.29 is 18.8 Å². The smallest absolute Gasteiger partial charge is 0.258 e. The molecule has 0 aliphatic carbocycles. The minimum absolute atomic E-state index is 0.0963. The van der Waals surface area contributed by atoms with E-state index < -0.39 is 17.6 Å². The van der Waals surface area contributed by atoms with Crippen molar-refractivity contribution in [2.24, 2.45) is 0 Å². The summed E-state index contributed by atoms with van der Waals surface area (Å²) in [6.45, 7) is 1.76. The zero-order valence-electron chi connectivity index (χ0n) is 17.7. The molecule has 0 saturated heterocycles. The maximum absolute atomic E-state index is 13.9. The molecule has 6 nitrogen and oxygen atoms in total. The lowest BCUT2D eigenvalue weighted by Crippen LogP contribution is -2.22. The Kier molecular flexibility index (Phi) is 6.90. The minimum atomic E-state index is -0.637. The van der Waals surface area contributed by atoms with Crippen LogP contribution in [0.2, 0.25) is 5.02 Å². The number of carbonyl (C=O) groups is 3. The zero-order valence-corrected chi connectivity index (χ0v) is 18.5. The molecule has 0 aliphatic heterocycles. The molecule has 3 aromatic rings. The van der Waals surface area contributed by atoms with Gasteiger partial charge in [0.2, 0.25) is 0 Å². The van der Waals surface area contributed by atoms with E-state index in [1.165, 1.54) is 41.3 Å². The Morgan fingerprint density at radius 1 is 0.875 bits per heavy atom. The van der Waals surface area contributed by atoms with Gasteiger partial charge in [-0.1, -0.05) is 29.8 Å². The molecule has 0 spiro atoms. The summed E-state index contributed by atoms with van der Waals surface area (Å²) in [4.78, 5) is 38.9. The zero-order chi connectivity index (χ0) is 23.4. The molecule has 3 aromatic carbocycles. The fourth-order valence-electron chi connectivity index (χ4n) is 2.94. The molecule has 3 amide bonds. The SMILES string of the molecule is Cc1ccc(C(=O)Nc2ccc(Cl)c(C(=O)N(C)C)c2)cc1NC(=O)c1ccccc1F. The Bertz CT molecular complexity index is 1210. The number of carbonyl (C=O) groups excluding carboxylic acids is 3. The Morgan fingerprint density at radius 2 is 1.59 bits per heavy atom. The van der Waals surface area contributed by atoms with Crippen LogP contribution >= 0.6 is 11.6 Å². The van der Waals surface area contributed by atoms with Crippen LogP contribution < -0.4 is 10.6 Å². The van der Waals surface area contributed by atoms with E-state index in [1.807, 2.05) is 0 Å². The van der Waals surface area contributed by atoms with Crippen LogP contribution in [0.25, 0.3) is 0 Å². The summed E-state index contributed by atoms with van der Waals surface area (Å²) >= 11 is 6.11. The molecule has 0 saturated carbocycles. The topological polar surface area (TPSA) is 78.5 Å². The van der Waals surface area contributed by atoms with Crippen molar-refractivity contribution in [3.63, 3.8) is 0 Å². The quantitative estimate of drug-likeness (QED) is 0.571. The lowest BCUT2D eigenvalue weighted by Gasteiger charge is -2.14. The van der Waals surface area contributed by atoms with Gasteiger partial charge >= 0.3 is 0 Å². The van der Waals surface area contributed by atoms with Crippen LogP contribution in [0.4, 0.5) is 15.8 Å². The maximum atomic E-state index is 13.9. The fraction of sp³-hybridized carbons (Fsp3) is 0.125. The highest BCUT2D eigenvalue weighted by molar-refractivity contribution is 6.34. The number of halogens is 2. The Balaban J connectivity index is 1.81. The minimum Gasteiger partial charge on any atom is -0.345 e. The normalized spacial score (nSPS) is 10.4. The number of amides is 3. The highest BCUT2D eigenvalue weighted by Gasteiger charge is 2.16. The third-order valence-electron chi connectivity index (χ3n) is 4.73. The predicted molar refractivity (Wildman–Crippen MR) is 123 cm³/mol. The van der Waals surface area contributed by atoms with Crippen LogP contribution in [-0.4, -0.2) is 36.7 Å². The molecule has 0 fully saturated rings. The van der Waals surface area contributed by atoms with Gasteiger partial charge in [0.25, 0.3) is 17.7 Å². The average Bonchev–Trinajstić information content (AvgIpc) is 2.76. The lowest BCUT2D eigenvalue weighted by molar-refractivity contribution is 0.0827. The van der Waals surface area contributed by atoms with Gasteiger partial charge in [-0.15, -0.1) is 0 Å². The van der Waals surface area contributed by atoms with Gasteiger partial charge in [-0.3, -0.25) is 14.4 Å². The van der Waals surface area contributed by atoms with E-state index in [-0.39, 0.29) is 27.6 Å². The standard InChI is InChI=1S/C24H21ClFN3O3/c1-14-8-9-15(12-21(14)28-23(31)17-6-4-5-7-20(17)26)22(30)27-16-10-11-19(25)18(13-16)24(32)29(2)3/h4-13H,1-3H3,(H,27,30)(H,28,31). The van der Waals surface area contributed by atoms with E-state index in [1.54, 1.807) is 45.3 Å². The van der Waals surface area contributed by atoms with Crippen LogP contribution in [0, 0.1) is 12.7 Å². The summed E-state index contributed by atoms with van der Waals surface area (Å²) in [5, 5.41) is 5.64. The first kappa shape index (κ1) is 23.0. The van der Waals surface area contributed by atoms with Gasteiger partial charge in [-0.2, -0.15) is 0 Å². The number of aryl methyl sites for hydroxylation is 1. The van der Waals surface area contributed by atoms with Gasteiger partial charge in [-0.05, 0) is 55.0 Å². The molecule has 3 rings (SSSR count). The summed E-state index contributed by atoms with van der Waals surface area (Å²) < 4.78 is 13.9. The van der Waals surface area contributed by atoms with Crippen molar-refractivity contribution in [2.45, 2.75) is 6.92 Å². The highest BCUT2D eigenvalue weighted by Crippen LogP contribution is 2.23. The third kappa shape index (κ3) is 5.12. The van der Waals surface area contributed by atoms with Crippen molar-refractivity contribution in [1.29, 1.82) is 0 Å². The summed E-state index contributed by atoms with van der Waals surface area (Å²) in [6.07, 6.45) is 0. The van der Waals surface area contributed by atoms with Gasteiger partial charge in [0.05, 0.1) is 16.1 Å². The number of rotatable bonds is 5. The molecule has 0 unspecified atom stereocenters. The first-order chi connectivity index (χ1) is 15.2. The number of nitrogens with zero attached hydrogens (tertiary/aromatic N) is 1. The molecule has 2 N–H and O–H groups in total. The van der Waals surface area contributed by atoms with E-state index >= 15 is 0 Å².